The highest BCUT2D eigenvalue weighted by molar-refractivity contribution is 5.85. The standard InChI is InChI=1S/C13H17NO2.ClH/c1-3-9-4-5-10-8-14-12(13(15)16-2)7-11(10)6-9;/h4-6,12,14H,3,7-8H2,1-2H3;1H/t12-;/m1./s1. The molecule has 0 aliphatic carbocycles. The van der Waals surface area contributed by atoms with E-state index in [9.17, 15) is 4.79 Å². The van der Waals surface area contributed by atoms with Gasteiger partial charge in [0.15, 0.2) is 0 Å². The molecule has 0 amide bonds. The van der Waals surface area contributed by atoms with Gasteiger partial charge in [-0.2, -0.15) is 0 Å². The third kappa shape index (κ3) is 2.99. The van der Waals surface area contributed by atoms with Crippen LogP contribution in [-0.4, -0.2) is 19.1 Å². The molecule has 1 aliphatic rings. The third-order valence-electron chi connectivity index (χ3n) is 3.13. The van der Waals surface area contributed by atoms with Crippen LogP contribution in [0.3, 0.4) is 0 Å². The lowest BCUT2D eigenvalue weighted by Crippen LogP contribution is -2.42. The fourth-order valence-corrected chi connectivity index (χ4v) is 2.10. The minimum absolute atomic E-state index is 0. The first-order chi connectivity index (χ1) is 7.74. The van der Waals surface area contributed by atoms with E-state index in [2.05, 4.69) is 30.4 Å². The lowest BCUT2D eigenvalue weighted by molar-refractivity contribution is -0.143. The fourth-order valence-electron chi connectivity index (χ4n) is 2.10. The number of carbonyl (C=O) groups is 1. The minimum atomic E-state index is -0.190. The third-order valence-corrected chi connectivity index (χ3v) is 3.13. The molecule has 0 aromatic heterocycles. The Morgan fingerprint density at radius 1 is 1.47 bits per heavy atom. The van der Waals surface area contributed by atoms with Crippen molar-refractivity contribution in [2.24, 2.45) is 0 Å². The Kier molecular flexibility index (Phi) is 4.97. The number of hydrogen-bond acceptors (Lipinski definition) is 3. The minimum Gasteiger partial charge on any atom is -0.468 e. The molecule has 4 heteroatoms. The number of benzene rings is 1. The average Bonchev–Trinajstić information content (AvgIpc) is 2.36. The molecule has 0 saturated carbocycles. The van der Waals surface area contributed by atoms with Crippen molar-refractivity contribution in [1.29, 1.82) is 0 Å². The summed E-state index contributed by atoms with van der Waals surface area (Å²) in [7, 11) is 1.43. The van der Waals surface area contributed by atoms with Crippen LogP contribution in [0.1, 0.15) is 23.6 Å². The number of hydrogen-bond donors (Lipinski definition) is 1. The van der Waals surface area contributed by atoms with Crippen LogP contribution < -0.4 is 5.32 Å². The molecule has 1 aromatic carbocycles. The summed E-state index contributed by atoms with van der Waals surface area (Å²) in [6.07, 6.45) is 1.76. The zero-order chi connectivity index (χ0) is 11.5. The maximum atomic E-state index is 11.4. The molecule has 1 heterocycles. The van der Waals surface area contributed by atoms with E-state index < -0.39 is 0 Å². The van der Waals surface area contributed by atoms with Gasteiger partial charge in [0, 0.05) is 6.54 Å². The Hall–Kier alpha value is -1.06. The van der Waals surface area contributed by atoms with Crippen LogP contribution in [0.2, 0.25) is 0 Å². The van der Waals surface area contributed by atoms with Crippen LogP contribution in [-0.2, 0) is 28.9 Å². The Labute approximate surface area is 108 Å². The molecule has 1 atom stereocenters. The smallest absolute Gasteiger partial charge is 0.323 e. The number of fused-ring (bicyclic) bond motifs is 1. The van der Waals surface area contributed by atoms with E-state index in [1.54, 1.807) is 0 Å². The summed E-state index contributed by atoms with van der Waals surface area (Å²) >= 11 is 0. The molecule has 0 fully saturated rings. The predicted octanol–water partition coefficient (Wildman–Crippen LogP) is 1.86. The molecule has 17 heavy (non-hydrogen) atoms. The summed E-state index contributed by atoms with van der Waals surface area (Å²) < 4.78 is 4.76. The van der Waals surface area contributed by atoms with Crippen molar-refractivity contribution < 1.29 is 9.53 Å². The first-order valence-corrected chi connectivity index (χ1v) is 5.66. The number of carbonyl (C=O) groups excluding carboxylic acids is 1. The summed E-state index contributed by atoms with van der Waals surface area (Å²) in [6.45, 7) is 2.89. The van der Waals surface area contributed by atoms with Gasteiger partial charge in [0.25, 0.3) is 0 Å². The van der Waals surface area contributed by atoms with Crippen molar-refractivity contribution in [1.82, 2.24) is 5.32 Å². The van der Waals surface area contributed by atoms with Gasteiger partial charge >= 0.3 is 5.97 Å². The maximum Gasteiger partial charge on any atom is 0.323 e. The Bertz CT molecular complexity index is 406. The lowest BCUT2D eigenvalue weighted by atomic mass is 9.93. The van der Waals surface area contributed by atoms with Gasteiger partial charge in [-0.15, -0.1) is 12.4 Å². The summed E-state index contributed by atoms with van der Waals surface area (Å²) in [5.74, 6) is -0.174. The normalized spacial score (nSPS) is 17.9. The second-order valence-corrected chi connectivity index (χ2v) is 4.12. The van der Waals surface area contributed by atoms with Gasteiger partial charge in [-0.05, 0) is 29.5 Å². The highest BCUT2D eigenvalue weighted by Crippen LogP contribution is 2.19. The van der Waals surface area contributed by atoms with Gasteiger partial charge in [0.05, 0.1) is 7.11 Å². The Morgan fingerprint density at radius 3 is 2.88 bits per heavy atom. The maximum absolute atomic E-state index is 11.4. The van der Waals surface area contributed by atoms with Crippen LogP contribution in [0.4, 0.5) is 0 Å². The molecular weight excluding hydrogens is 238 g/mol. The number of aryl methyl sites for hydroxylation is 1. The molecule has 1 N–H and O–H groups in total. The van der Waals surface area contributed by atoms with E-state index in [-0.39, 0.29) is 24.4 Å². The number of halogens is 1. The van der Waals surface area contributed by atoms with Crippen LogP contribution in [0, 0.1) is 0 Å². The average molecular weight is 256 g/mol. The molecule has 1 aliphatic heterocycles. The number of esters is 1. The molecule has 0 spiro atoms. The zero-order valence-corrected chi connectivity index (χ0v) is 11.0. The second-order valence-electron chi connectivity index (χ2n) is 4.12. The summed E-state index contributed by atoms with van der Waals surface area (Å²) in [5, 5.41) is 3.19. The van der Waals surface area contributed by atoms with Crippen LogP contribution in [0.5, 0.6) is 0 Å². The Morgan fingerprint density at radius 2 is 2.24 bits per heavy atom. The SMILES string of the molecule is CCc1ccc2c(c1)C[C@H](C(=O)OC)NC2.Cl. The molecule has 2 rings (SSSR count). The van der Waals surface area contributed by atoms with Crippen molar-refractivity contribution in [2.75, 3.05) is 7.11 Å². The molecule has 0 radical (unpaired) electrons. The van der Waals surface area contributed by atoms with Crippen molar-refractivity contribution in [3.63, 3.8) is 0 Å². The van der Waals surface area contributed by atoms with Crippen LogP contribution >= 0.6 is 12.4 Å². The Balaban J connectivity index is 0.00000144. The van der Waals surface area contributed by atoms with Crippen LogP contribution in [0.25, 0.3) is 0 Å². The van der Waals surface area contributed by atoms with Crippen molar-refractivity contribution in [2.45, 2.75) is 32.4 Å². The highest BCUT2D eigenvalue weighted by atomic mass is 35.5. The van der Waals surface area contributed by atoms with Gasteiger partial charge in [0.2, 0.25) is 0 Å². The lowest BCUT2D eigenvalue weighted by Gasteiger charge is -2.24. The first kappa shape index (κ1) is 14.0. The van der Waals surface area contributed by atoms with E-state index in [0.717, 1.165) is 19.4 Å². The molecule has 0 unspecified atom stereocenters. The van der Waals surface area contributed by atoms with Crippen molar-refractivity contribution in [3.8, 4) is 0 Å². The molecule has 3 nitrogen and oxygen atoms in total. The van der Waals surface area contributed by atoms with Crippen molar-refractivity contribution >= 4 is 18.4 Å². The molecule has 0 saturated heterocycles. The van der Waals surface area contributed by atoms with E-state index in [1.165, 1.54) is 23.8 Å². The number of ether oxygens (including phenoxy) is 1. The van der Waals surface area contributed by atoms with Gasteiger partial charge in [-0.3, -0.25) is 4.79 Å². The van der Waals surface area contributed by atoms with Gasteiger partial charge in [0.1, 0.15) is 6.04 Å². The fraction of sp³-hybridized carbons (Fsp3) is 0.462. The first-order valence-electron chi connectivity index (χ1n) is 5.66. The topological polar surface area (TPSA) is 38.3 Å². The summed E-state index contributed by atoms with van der Waals surface area (Å²) in [5.41, 5.74) is 3.88. The molecule has 0 bridgehead atoms. The summed E-state index contributed by atoms with van der Waals surface area (Å²) in [4.78, 5) is 11.4. The molecule has 1 aromatic rings. The largest absolute Gasteiger partial charge is 0.468 e. The molecule has 94 valence electrons. The predicted molar refractivity (Wildman–Crippen MR) is 69.4 cm³/mol. The zero-order valence-electron chi connectivity index (χ0n) is 10.2. The van der Waals surface area contributed by atoms with E-state index >= 15 is 0 Å². The van der Waals surface area contributed by atoms with Crippen molar-refractivity contribution in [3.05, 3.63) is 34.9 Å². The second kappa shape index (κ2) is 6.03. The summed E-state index contributed by atoms with van der Waals surface area (Å²) in [6, 6.07) is 6.31. The van der Waals surface area contributed by atoms with Gasteiger partial charge in [-0.1, -0.05) is 25.1 Å². The molecular formula is C13H18ClNO2. The number of methoxy groups -OCH3 is 1. The van der Waals surface area contributed by atoms with E-state index in [0.29, 0.717) is 0 Å². The highest BCUT2D eigenvalue weighted by Gasteiger charge is 2.24. The monoisotopic (exact) mass is 255 g/mol. The quantitative estimate of drug-likeness (QED) is 0.820. The number of nitrogens with one attached hydrogen (secondary N) is 1. The van der Waals surface area contributed by atoms with Crippen LogP contribution in [0.15, 0.2) is 18.2 Å². The van der Waals surface area contributed by atoms with Gasteiger partial charge in [-0.25, -0.2) is 0 Å². The van der Waals surface area contributed by atoms with E-state index in [1.807, 2.05) is 0 Å². The number of rotatable bonds is 2. The van der Waals surface area contributed by atoms with E-state index in [4.69, 9.17) is 4.74 Å². The van der Waals surface area contributed by atoms with Gasteiger partial charge < -0.3 is 10.1 Å².